The number of hydrogen-bond donors (Lipinski definition) is 1. The van der Waals surface area contributed by atoms with Gasteiger partial charge in [0, 0.05) is 12.1 Å². The second-order valence-electron chi connectivity index (χ2n) is 6.73. The van der Waals surface area contributed by atoms with E-state index in [1.54, 1.807) is 11.1 Å². The molecule has 1 aromatic rings. The highest BCUT2D eigenvalue weighted by Crippen LogP contribution is 2.35. The minimum absolute atomic E-state index is 0.526. The van der Waals surface area contributed by atoms with E-state index in [1.807, 2.05) is 0 Å². The molecule has 1 aromatic carbocycles. The molecule has 1 saturated heterocycles. The second-order valence-corrected chi connectivity index (χ2v) is 6.73. The van der Waals surface area contributed by atoms with Crippen LogP contribution in [0.25, 0.3) is 0 Å². The number of hydrogen-bond acceptors (Lipinski definition) is 2. The largest absolute Gasteiger partial charge is 0.309 e. The van der Waals surface area contributed by atoms with E-state index < -0.39 is 0 Å². The van der Waals surface area contributed by atoms with Gasteiger partial charge in [-0.15, -0.1) is 0 Å². The third-order valence-electron chi connectivity index (χ3n) is 5.60. The number of rotatable bonds is 4. The SMILES string of the molecule is CCNC1c2ccccc2CCC1N1CCC(CC)CC1. The fraction of sp³-hybridized carbons (Fsp3) is 0.684. The van der Waals surface area contributed by atoms with Crippen LogP contribution in [0, 0.1) is 5.92 Å². The summed E-state index contributed by atoms with van der Waals surface area (Å²) in [4.78, 5) is 2.77. The van der Waals surface area contributed by atoms with Crippen LogP contribution < -0.4 is 5.32 Å². The first-order chi connectivity index (χ1) is 10.3. The maximum atomic E-state index is 3.77. The standard InChI is InChI=1S/C19H30N2/c1-3-15-11-13-21(14-12-15)18-10-9-16-7-5-6-8-17(16)19(18)20-4-2/h5-8,15,18-20H,3-4,9-14H2,1-2H3. The van der Waals surface area contributed by atoms with Crippen molar-refractivity contribution in [1.29, 1.82) is 0 Å². The predicted octanol–water partition coefficient (Wildman–Crippen LogP) is 3.77. The Morgan fingerprint density at radius 3 is 2.57 bits per heavy atom. The lowest BCUT2D eigenvalue weighted by molar-refractivity contribution is 0.0946. The van der Waals surface area contributed by atoms with Crippen molar-refractivity contribution in [2.24, 2.45) is 5.92 Å². The highest BCUT2D eigenvalue weighted by molar-refractivity contribution is 5.34. The van der Waals surface area contributed by atoms with Gasteiger partial charge in [-0.2, -0.15) is 0 Å². The molecule has 1 aliphatic carbocycles. The van der Waals surface area contributed by atoms with Crippen molar-refractivity contribution in [3.8, 4) is 0 Å². The number of nitrogens with one attached hydrogen (secondary N) is 1. The average molecular weight is 286 g/mol. The normalized spacial score (nSPS) is 27.5. The van der Waals surface area contributed by atoms with Gasteiger partial charge in [-0.25, -0.2) is 0 Å². The molecule has 0 aromatic heterocycles. The van der Waals surface area contributed by atoms with Crippen LogP contribution in [0.5, 0.6) is 0 Å². The Kier molecular flexibility index (Phi) is 4.97. The molecule has 21 heavy (non-hydrogen) atoms. The van der Waals surface area contributed by atoms with Crippen LogP contribution in [0.1, 0.15) is 56.7 Å². The molecular weight excluding hydrogens is 256 g/mol. The summed E-state index contributed by atoms with van der Waals surface area (Å²) in [5.74, 6) is 0.967. The van der Waals surface area contributed by atoms with Crippen LogP contribution in [0.3, 0.4) is 0 Å². The Bertz CT molecular complexity index is 449. The zero-order chi connectivity index (χ0) is 14.7. The molecule has 0 spiro atoms. The van der Waals surface area contributed by atoms with Crippen molar-refractivity contribution in [3.63, 3.8) is 0 Å². The first-order valence-electron chi connectivity index (χ1n) is 8.88. The monoisotopic (exact) mass is 286 g/mol. The van der Waals surface area contributed by atoms with Gasteiger partial charge in [0.1, 0.15) is 0 Å². The molecule has 0 saturated carbocycles. The van der Waals surface area contributed by atoms with E-state index in [0.29, 0.717) is 12.1 Å². The van der Waals surface area contributed by atoms with Crippen LogP contribution in [-0.4, -0.2) is 30.6 Å². The molecule has 0 amide bonds. The lowest BCUT2D eigenvalue weighted by atomic mass is 9.82. The summed E-state index contributed by atoms with van der Waals surface area (Å²) >= 11 is 0. The number of likely N-dealkylation sites (N-methyl/N-ethyl adjacent to an activating group) is 1. The van der Waals surface area contributed by atoms with Crippen molar-refractivity contribution in [2.45, 2.75) is 58.0 Å². The van der Waals surface area contributed by atoms with E-state index in [1.165, 1.54) is 45.2 Å². The first kappa shape index (κ1) is 15.1. The van der Waals surface area contributed by atoms with E-state index >= 15 is 0 Å². The summed E-state index contributed by atoms with van der Waals surface area (Å²) in [7, 11) is 0. The van der Waals surface area contributed by atoms with Crippen LogP contribution in [0.4, 0.5) is 0 Å². The van der Waals surface area contributed by atoms with Gasteiger partial charge < -0.3 is 5.32 Å². The average Bonchev–Trinajstić information content (AvgIpc) is 2.55. The van der Waals surface area contributed by atoms with Crippen LogP contribution in [0.2, 0.25) is 0 Å². The van der Waals surface area contributed by atoms with Gasteiger partial charge >= 0.3 is 0 Å². The highest BCUT2D eigenvalue weighted by atomic mass is 15.2. The summed E-state index contributed by atoms with van der Waals surface area (Å²) in [6.45, 7) is 8.23. The minimum atomic E-state index is 0.526. The van der Waals surface area contributed by atoms with Gasteiger partial charge in [0.15, 0.2) is 0 Å². The molecule has 1 N–H and O–H groups in total. The summed E-state index contributed by atoms with van der Waals surface area (Å²) in [6.07, 6.45) is 6.71. The summed E-state index contributed by atoms with van der Waals surface area (Å²) in [5, 5.41) is 3.77. The molecule has 0 bridgehead atoms. The van der Waals surface area contributed by atoms with Gasteiger partial charge in [-0.1, -0.05) is 44.5 Å². The molecule has 1 fully saturated rings. The van der Waals surface area contributed by atoms with E-state index in [4.69, 9.17) is 0 Å². The van der Waals surface area contributed by atoms with Gasteiger partial charge in [0.05, 0.1) is 0 Å². The predicted molar refractivity (Wildman–Crippen MR) is 89.6 cm³/mol. The zero-order valence-corrected chi connectivity index (χ0v) is 13.6. The Morgan fingerprint density at radius 1 is 1.10 bits per heavy atom. The quantitative estimate of drug-likeness (QED) is 0.906. The van der Waals surface area contributed by atoms with Crippen LogP contribution >= 0.6 is 0 Å². The van der Waals surface area contributed by atoms with E-state index in [9.17, 15) is 0 Å². The maximum Gasteiger partial charge on any atom is 0.0480 e. The van der Waals surface area contributed by atoms with Crippen molar-refractivity contribution in [1.82, 2.24) is 10.2 Å². The molecule has 3 rings (SSSR count). The van der Waals surface area contributed by atoms with E-state index in [0.717, 1.165) is 12.5 Å². The van der Waals surface area contributed by atoms with E-state index in [2.05, 4.69) is 48.3 Å². The number of likely N-dealkylation sites (tertiary alicyclic amines) is 1. The zero-order valence-electron chi connectivity index (χ0n) is 13.6. The smallest absolute Gasteiger partial charge is 0.0480 e. The van der Waals surface area contributed by atoms with Crippen molar-refractivity contribution < 1.29 is 0 Å². The van der Waals surface area contributed by atoms with Gasteiger partial charge in [0.2, 0.25) is 0 Å². The Morgan fingerprint density at radius 2 is 1.86 bits per heavy atom. The third kappa shape index (κ3) is 3.17. The molecule has 2 nitrogen and oxygen atoms in total. The minimum Gasteiger partial charge on any atom is -0.309 e. The third-order valence-corrected chi connectivity index (χ3v) is 5.60. The van der Waals surface area contributed by atoms with Crippen LogP contribution in [0.15, 0.2) is 24.3 Å². The highest BCUT2D eigenvalue weighted by Gasteiger charge is 2.34. The lowest BCUT2D eigenvalue weighted by Gasteiger charge is -2.44. The molecule has 2 unspecified atom stereocenters. The van der Waals surface area contributed by atoms with Crippen molar-refractivity contribution in [2.75, 3.05) is 19.6 Å². The maximum absolute atomic E-state index is 3.77. The molecule has 0 radical (unpaired) electrons. The molecule has 116 valence electrons. The molecule has 1 heterocycles. The lowest BCUT2D eigenvalue weighted by Crippen LogP contribution is -2.50. The van der Waals surface area contributed by atoms with Gasteiger partial charge in [0.25, 0.3) is 0 Å². The van der Waals surface area contributed by atoms with E-state index in [-0.39, 0.29) is 0 Å². The molecule has 1 aliphatic heterocycles. The number of piperidine rings is 1. The first-order valence-corrected chi connectivity index (χ1v) is 8.88. The fourth-order valence-corrected chi connectivity index (χ4v) is 4.29. The number of aryl methyl sites for hydroxylation is 1. The Balaban J connectivity index is 1.76. The Hall–Kier alpha value is -0.860. The Labute approximate surface area is 129 Å². The molecule has 2 aliphatic rings. The number of nitrogens with zero attached hydrogens (tertiary/aromatic N) is 1. The molecule has 2 heteroatoms. The number of fused-ring (bicyclic) bond motifs is 1. The summed E-state index contributed by atoms with van der Waals surface area (Å²) in [6, 6.07) is 10.3. The topological polar surface area (TPSA) is 15.3 Å². The second kappa shape index (κ2) is 6.93. The fourth-order valence-electron chi connectivity index (χ4n) is 4.29. The van der Waals surface area contributed by atoms with Crippen LogP contribution in [-0.2, 0) is 6.42 Å². The molecular formula is C19H30N2. The van der Waals surface area contributed by atoms with Crippen molar-refractivity contribution in [3.05, 3.63) is 35.4 Å². The molecule has 2 atom stereocenters. The van der Waals surface area contributed by atoms with Gasteiger partial charge in [-0.05, 0) is 62.4 Å². The summed E-state index contributed by atoms with van der Waals surface area (Å²) in [5.41, 5.74) is 3.11. The number of benzene rings is 1. The van der Waals surface area contributed by atoms with Gasteiger partial charge in [-0.3, -0.25) is 4.90 Å². The van der Waals surface area contributed by atoms with Crippen molar-refractivity contribution >= 4 is 0 Å². The summed E-state index contributed by atoms with van der Waals surface area (Å²) < 4.78 is 0.